The van der Waals surface area contributed by atoms with Gasteiger partial charge < -0.3 is 9.64 Å². The van der Waals surface area contributed by atoms with Crippen molar-refractivity contribution >= 4 is 17.2 Å². The number of amides is 1. The van der Waals surface area contributed by atoms with Gasteiger partial charge in [-0.3, -0.25) is 14.4 Å². The third-order valence-electron chi connectivity index (χ3n) is 4.21. The fraction of sp³-hybridized carbons (Fsp3) is 0.562. The van der Waals surface area contributed by atoms with Crippen molar-refractivity contribution in [2.24, 2.45) is 7.05 Å². The quantitative estimate of drug-likeness (QED) is 0.781. The van der Waals surface area contributed by atoms with E-state index in [0.717, 1.165) is 31.0 Å². The molecule has 0 spiro atoms. The van der Waals surface area contributed by atoms with Gasteiger partial charge in [-0.15, -0.1) is 5.10 Å². The Morgan fingerprint density at radius 2 is 2.33 bits per heavy atom. The van der Waals surface area contributed by atoms with E-state index in [9.17, 15) is 4.79 Å². The molecule has 2 aromatic rings. The number of ether oxygens (including phenoxy) is 1. The van der Waals surface area contributed by atoms with Crippen LogP contribution >= 0.6 is 11.3 Å². The van der Waals surface area contributed by atoms with Crippen molar-refractivity contribution in [2.75, 3.05) is 33.9 Å². The molecule has 0 aliphatic carbocycles. The molecule has 0 saturated heterocycles. The number of carbonyl (C=O) groups is 1. The largest absolute Gasteiger partial charge is 0.371 e. The lowest BCUT2D eigenvalue weighted by Crippen LogP contribution is -2.36. The lowest BCUT2D eigenvalue weighted by molar-refractivity contribution is -0.133. The van der Waals surface area contributed by atoms with Gasteiger partial charge in [-0.25, -0.2) is 0 Å². The summed E-state index contributed by atoms with van der Waals surface area (Å²) in [7, 11) is 5.38. The van der Waals surface area contributed by atoms with Crippen molar-refractivity contribution in [2.45, 2.75) is 19.0 Å². The van der Waals surface area contributed by atoms with Gasteiger partial charge in [0.2, 0.25) is 5.91 Å². The van der Waals surface area contributed by atoms with E-state index in [4.69, 9.17) is 4.74 Å². The van der Waals surface area contributed by atoms with Gasteiger partial charge in [-0.05, 0) is 22.4 Å². The second-order valence-electron chi connectivity index (χ2n) is 6.35. The van der Waals surface area contributed by atoms with Crippen LogP contribution in [-0.4, -0.2) is 64.6 Å². The summed E-state index contributed by atoms with van der Waals surface area (Å²) in [4.78, 5) is 15.6. The molecule has 1 aliphatic rings. The van der Waals surface area contributed by atoms with Crippen molar-refractivity contribution in [3.05, 3.63) is 33.8 Å². The molecule has 3 rings (SSSR count). The first kappa shape index (κ1) is 17.1. The van der Waals surface area contributed by atoms with Crippen LogP contribution < -0.4 is 0 Å². The maximum atomic E-state index is 11.7. The number of fused-ring (bicyclic) bond motifs is 1. The van der Waals surface area contributed by atoms with E-state index >= 15 is 0 Å². The number of hydrogen-bond acceptors (Lipinski definition) is 6. The first-order chi connectivity index (χ1) is 11.5. The topological polar surface area (TPSA) is 63.5 Å². The molecule has 1 atom stereocenters. The Morgan fingerprint density at radius 1 is 1.50 bits per heavy atom. The molecule has 0 aromatic carbocycles. The molecule has 0 fully saturated rings. The van der Waals surface area contributed by atoms with E-state index in [0.29, 0.717) is 6.61 Å². The van der Waals surface area contributed by atoms with Crippen LogP contribution in [0.1, 0.15) is 22.9 Å². The molecule has 0 bridgehead atoms. The lowest BCUT2D eigenvalue weighted by atomic mass is 9.98. The molecule has 0 radical (unpaired) electrons. The summed E-state index contributed by atoms with van der Waals surface area (Å²) in [5, 5.41) is 12.7. The molecule has 130 valence electrons. The standard InChI is InChI=1S/C16H23N5O2S/c1-19(2)15(22)10-23-9-13-7-21(6-12-4-5-24-11-12)8-14-16(13)20(3)18-17-14/h4-5,11,13H,6-10H2,1-3H3. The maximum Gasteiger partial charge on any atom is 0.248 e. The molecule has 8 heteroatoms. The van der Waals surface area contributed by atoms with Crippen molar-refractivity contribution in [1.82, 2.24) is 24.8 Å². The highest BCUT2D eigenvalue weighted by Gasteiger charge is 2.30. The fourth-order valence-corrected chi connectivity index (χ4v) is 3.66. The van der Waals surface area contributed by atoms with Gasteiger partial charge in [-0.1, -0.05) is 5.21 Å². The predicted octanol–water partition coefficient (Wildman–Crippen LogP) is 1.08. The Bertz CT molecular complexity index is 683. The average molecular weight is 349 g/mol. The van der Waals surface area contributed by atoms with Crippen molar-refractivity contribution in [3.8, 4) is 0 Å². The molecule has 7 nitrogen and oxygen atoms in total. The van der Waals surface area contributed by atoms with E-state index < -0.39 is 0 Å². The number of hydrogen-bond donors (Lipinski definition) is 0. The van der Waals surface area contributed by atoms with E-state index in [1.54, 1.807) is 30.3 Å². The van der Waals surface area contributed by atoms with E-state index in [1.165, 1.54) is 5.56 Å². The van der Waals surface area contributed by atoms with Crippen LogP contribution in [0, 0.1) is 0 Å². The first-order valence-electron chi connectivity index (χ1n) is 7.94. The summed E-state index contributed by atoms with van der Waals surface area (Å²) in [5.74, 6) is 0.145. The highest BCUT2D eigenvalue weighted by molar-refractivity contribution is 7.07. The Kier molecular flexibility index (Phi) is 5.27. The van der Waals surface area contributed by atoms with Gasteiger partial charge in [-0.2, -0.15) is 11.3 Å². The Balaban J connectivity index is 1.66. The molecule has 2 aromatic heterocycles. The zero-order chi connectivity index (χ0) is 17.1. The molecule has 0 N–H and O–H groups in total. The normalized spacial score (nSPS) is 17.7. The summed E-state index contributed by atoms with van der Waals surface area (Å²) < 4.78 is 7.51. The van der Waals surface area contributed by atoms with Gasteiger partial charge in [0.15, 0.2) is 0 Å². The SMILES string of the molecule is CN(C)C(=O)COCC1CN(Cc2ccsc2)Cc2nnn(C)c21. The monoisotopic (exact) mass is 349 g/mol. The van der Waals surface area contributed by atoms with Crippen LogP contribution in [0.15, 0.2) is 16.8 Å². The third-order valence-corrected chi connectivity index (χ3v) is 4.94. The summed E-state index contributed by atoms with van der Waals surface area (Å²) in [6, 6.07) is 2.15. The molecular weight excluding hydrogens is 326 g/mol. The number of aryl methyl sites for hydroxylation is 1. The second kappa shape index (κ2) is 7.42. The Morgan fingerprint density at radius 3 is 3.04 bits per heavy atom. The van der Waals surface area contributed by atoms with Crippen LogP contribution in [0.5, 0.6) is 0 Å². The van der Waals surface area contributed by atoms with Crippen molar-refractivity contribution in [3.63, 3.8) is 0 Å². The van der Waals surface area contributed by atoms with Gasteiger partial charge in [0.05, 0.1) is 12.3 Å². The predicted molar refractivity (Wildman–Crippen MR) is 91.7 cm³/mol. The zero-order valence-electron chi connectivity index (χ0n) is 14.3. The van der Waals surface area contributed by atoms with Crippen LogP contribution in [0.4, 0.5) is 0 Å². The number of nitrogens with zero attached hydrogens (tertiary/aromatic N) is 5. The summed E-state index contributed by atoms with van der Waals surface area (Å²) in [5.41, 5.74) is 3.44. The number of thiophene rings is 1. The van der Waals surface area contributed by atoms with Gasteiger partial charge >= 0.3 is 0 Å². The highest BCUT2D eigenvalue weighted by Crippen LogP contribution is 2.28. The Labute approximate surface area is 145 Å². The van der Waals surface area contributed by atoms with E-state index in [-0.39, 0.29) is 18.4 Å². The summed E-state index contributed by atoms with van der Waals surface area (Å²) in [6.45, 7) is 3.17. The minimum atomic E-state index is -0.0238. The van der Waals surface area contributed by atoms with Crippen LogP contribution in [0.25, 0.3) is 0 Å². The summed E-state index contributed by atoms with van der Waals surface area (Å²) in [6.07, 6.45) is 0. The van der Waals surface area contributed by atoms with Gasteiger partial charge in [0.1, 0.15) is 12.3 Å². The van der Waals surface area contributed by atoms with Crippen LogP contribution in [-0.2, 0) is 29.7 Å². The number of rotatable bonds is 6. The molecule has 3 heterocycles. The zero-order valence-corrected chi connectivity index (χ0v) is 15.1. The number of carbonyl (C=O) groups excluding carboxylic acids is 1. The van der Waals surface area contributed by atoms with Crippen molar-refractivity contribution < 1.29 is 9.53 Å². The smallest absolute Gasteiger partial charge is 0.248 e. The fourth-order valence-electron chi connectivity index (χ4n) is 3.00. The average Bonchev–Trinajstić information content (AvgIpc) is 3.17. The lowest BCUT2D eigenvalue weighted by Gasteiger charge is -2.32. The minimum absolute atomic E-state index is 0.0238. The van der Waals surface area contributed by atoms with E-state index in [2.05, 4.69) is 32.0 Å². The highest BCUT2D eigenvalue weighted by atomic mass is 32.1. The molecular formula is C16H23N5O2S. The number of aromatic nitrogens is 3. The van der Waals surface area contributed by atoms with E-state index in [1.807, 2.05) is 11.7 Å². The van der Waals surface area contributed by atoms with Gasteiger partial charge in [0, 0.05) is 46.7 Å². The van der Waals surface area contributed by atoms with Gasteiger partial charge in [0.25, 0.3) is 0 Å². The van der Waals surface area contributed by atoms with Crippen LogP contribution in [0.2, 0.25) is 0 Å². The maximum absolute atomic E-state index is 11.7. The minimum Gasteiger partial charge on any atom is -0.371 e. The second-order valence-corrected chi connectivity index (χ2v) is 7.13. The first-order valence-corrected chi connectivity index (χ1v) is 8.88. The molecule has 24 heavy (non-hydrogen) atoms. The molecule has 1 aliphatic heterocycles. The molecule has 0 saturated carbocycles. The van der Waals surface area contributed by atoms with Crippen molar-refractivity contribution in [1.29, 1.82) is 0 Å². The van der Waals surface area contributed by atoms with Crippen LogP contribution in [0.3, 0.4) is 0 Å². The number of likely N-dealkylation sites (N-methyl/N-ethyl adjacent to an activating group) is 1. The molecule has 1 unspecified atom stereocenters. The molecule has 1 amide bonds. The summed E-state index contributed by atoms with van der Waals surface area (Å²) >= 11 is 1.71. The third kappa shape index (κ3) is 3.82. The Hall–Kier alpha value is -1.77.